The van der Waals surface area contributed by atoms with Crippen molar-refractivity contribution in [1.82, 2.24) is 0 Å². The molecule has 0 aliphatic carbocycles. The van der Waals surface area contributed by atoms with E-state index in [0.717, 1.165) is 68.2 Å². The average molecular weight is 430 g/mol. The zero-order valence-corrected chi connectivity index (χ0v) is 19.5. The predicted molar refractivity (Wildman–Crippen MR) is 128 cm³/mol. The van der Waals surface area contributed by atoms with E-state index in [1.54, 1.807) is 0 Å². The number of hydrogen-bond acceptors (Lipinski definition) is 6. The molecular formula is C26H27N3O3. The molecule has 3 aliphatic heterocycles. The van der Waals surface area contributed by atoms with E-state index in [-0.39, 0.29) is 0 Å². The molecule has 0 radical (unpaired) electrons. The van der Waals surface area contributed by atoms with Crippen LogP contribution < -0.4 is 28.9 Å². The molecule has 0 aromatic heterocycles. The zero-order valence-electron chi connectivity index (χ0n) is 19.5. The lowest BCUT2D eigenvalue weighted by Crippen LogP contribution is -2.36. The summed E-state index contributed by atoms with van der Waals surface area (Å²) in [7, 11) is 12.2. The maximum absolute atomic E-state index is 6.54. The highest BCUT2D eigenvalue weighted by atomic mass is 16.5. The lowest BCUT2D eigenvalue weighted by molar-refractivity contribution is 0.337. The summed E-state index contributed by atoms with van der Waals surface area (Å²) in [5.74, 6) is 4.99. The van der Waals surface area contributed by atoms with Crippen molar-refractivity contribution in [3.05, 3.63) is 53.1 Å². The maximum Gasteiger partial charge on any atom is 0.137 e. The molecule has 164 valence electrons. The highest BCUT2D eigenvalue weighted by Gasteiger charge is 2.53. The quantitative estimate of drug-likeness (QED) is 0.425. The van der Waals surface area contributed by atoms with Crippen LogP contribution in [0.15, 0.2) is 36.4 Å². The fraction of sp³-hybridized carbons (Fsp3) is 0.308. The molecule has 32 heavy (non-hydrogen) atoms. The van der Waals surface area contributed by atoms with Gasteiger partial charge in [0.15, 0.2) is 0 Å². The van der Waals surface area contributed by atoms with Crippen molar-refractivity contribution < 1.29 is 14.2 Å². The van der Waals surface area contributed by atoms with Gasteiger partial charge >= 0.3 is 0 Å². The summed E-state index contributed by atoms with van der Waals surface area (Å²) in [4.78, 5) is 6.22. The van der Waals surface area contributed by atoms with Crippen LogP contribution in [0.2, 0.25) is 0 Å². The topological polar surface area (TPSA) is 37.4 Å². The van der Waals surface area contributed by atoms with E-state index in [2.05, 4.69) is 58.0 Å². The molecule has 3 heterocycles. The molecule has 0 unspecified atom stereocenters. The first-order chi connectivity index (χ1) is 15.2. The van der Waals surface area contributed by atoms with Gasteiger partial charge in [0.1, 0.15) is 34.5 Å². The Kier molecular flexibility index (Phi) is 3.61. The number of benzene rings is 3. The predicted octanol–water partition coefficient (Wildman–Crippen LogP) is 5.56. The van der Waals surface area contributed by atoms with Crippen LogP contribution in [0.5, 0.6) is 34.5 Å². The molecule has 0 saturated heterocycles. The first-order valence-corrected chi connectivity index (χ1v) is 10.8. The van der Waals surface area contributed by atoms with E-state index < -0.39 is 5.41 Å². The fourth-order valence-electron chi connectivity index (χ4n) is 5.19. The largest absolute Gasteiger partial charge is 0.456 e. The molecule has 0 amide bonds. The molecule has 0 fully saturated rings. The minimum absolute atomic E-state index is 0.435. The number of anilines is 3. The van der Waals surface area contributed by atoms with Crippen molar-refractivity contribution in [3.8, 4) is 34.5 Å². The van der Waals surface area contributed by atoms with Crippen LogP contribution in [-0.2, 0) is 5.41 Å². The SMILES string of the molecule is CN(C)c1cc2c3c(c1)Oc1cc(N(C)C)cc4c1C3(C)c1c(cc(N(C)C)cc1O4)O2. The van der Waals surface area contributed by atoms with Crippen LogP contribution in [0.1, 0.15) is 23.6 Å². The Labute approximate surface area is 188 Å². The van der Waals surface area contributed by atoms with Gasteiger partial charge in [-0.3, -0.25) is 0 Å². The summed E-state index contributed by atoms with van der Waals surface area (Å²) in [6.45, 7) is 2.27. The van der Waals surface area contributed by atoms with Crippen molar-refractivity contribution in [2.75, 3.05) is 57.0 Å². The van der Waals surface area contributed by atoms with Crippen LogP contribution in [0.25, 0.3) is 0 Å². The van der Waals surface area contributed by atoms with Crippen molar-refractivity contribution in [3.63, 3.8) is 0 Å². The van der Waals surface area contributed by atoms with Crippen molar-refractivity contribution in [2.24, 2.45) is 0 Å². The number of ether oxygens (including phenoxy) is 3. The Morgan fingerprint density at radius 1 is 0.469 bits per heavy atom. The van der Waals surface area contributed by atoms with Gasteiger partial charge in [-0.25, -0.2) is 0 Å². The van der Waals surface area contributed by atoms with E-state index in [4.69, 9.17) is 14.2 Å². The van der Waals surface area contributed by atoms with E-state index >= 15 is 0 Å². The fourth-order valence-corrected chi connectivity index (χ4v) is 5.19. The van der Waals surface area contributed by atoms with Gasteiger partial charge in [-0.05, 0) is 6.92 Å². The summed E-state index contributed by atoms with van der Waals surface area (Å²) in [6.07, 6.45) is 0. The van der Waals surface area contributed by atoms with Gasteiger partial charge in [0.05, 0.1) is 22.1 Å². The summed E-state index contributed by atoms with van der Waals surface area (Å²) < 4.78 is 19.6. The Morgan fingerprint density at radius 2 is 0.688 bits per heavy atom. The minimum atomic E-state index is -0.435. The molecule has 0 spiro atoms. The van der Waals surface area contributed by atoms with Crippen molar-refractivity contribution in [1.29, 1.82) is 0 Å². The van der Waals surface area contributed by atoms with Crippen LogP contribution in [0, 0.1) is 0 Å². The smallest absolute Gasteiger partial charge is 0.137 e. The summed E-state index contributed by atoms with van der Waals surface area (Å²) in [5, 5.41) is 0. The summed E-state index contributed by atoms with van der Waals surface area (Å²) >= 11 is 0. The number of nitrogens with zero attached hydrogens (tertiary/aromatic N) is 3. The molecule has 3 aromatic rings. The lowest BCUT2D eigenvalue weighted by atomic mass is 9.65. The second-order valence-corrected chi connectivity index (χ2v) is 9.57. The third-order valence-electron chi connectivity index (χ3n) is 6.86. The van der Waals surface area contributed by atoms with Crippen LogP contribution in [-0.4, -0.2) is 42.3 Å². The third kappa shape index (κ3) is 2.29. The Balaban J connectivity index is 1.73. The summed E-state index contributed by atoms with van der Waals surface area (Å²) in [6, 6.07) is 12.6. The normalized spacial score (nSPS) is 15.1. The molecule has 6 nitrogen and oxygen atoms in total. The van der Waals surface area contributed by atoms with Crippen LogP contribution >= 0.6 is 0 Å². The molecule has 3 aromatic carbocycles. The molecule has 6 heteroatoms. The van der Waals surface area contributed by atoms with Crippen molar-refractivity contribution in [2.45, 2.75) is 12.3 Å². The highest BCUT2D eigenvalue weighted by Crippen LogP contribution is 2.67. The molecule has 3 aliphatic rings. The van der Waals surface area contributed by atoms with Crippen molar-refractivity contribution >= 4 is 17.1 Å². The molecule has 6 rings (SSSR count). The van der Waals surface area contributed by atoms with E-state index in [1.807, 2.05) is 42.3 Å². The summed E-state index contributed by atoms with van der Waals surface area (Å²) in [5.41, 5.74) is 5.85. The number of hydrogen-bond donors (Lipinski definition) is 0. The first kappa shape index (κ1) is 19.2. The van der Waals surface area contributed by atoms with Gasteiger partial charge in [-0.1, -0.05) is 0 Å². The van der Waals surface area contributed by atoms with Gasteiger partial charge in [-0.15, -0.1) is 0 Å². The van der Waals surface area contributed by atoms with E-state index in [9.17, 15) is 0 Å². The van der Waals surface area contributed by atoms with E-state index in [0.29, 0.717) is 0 Å². The molecule has 0 atom stereocenters. The molecule has 0 saturated carbocycles. The highest BCUT2D eigenvalue weighted by molar-refractivity contribution is 5.82. The maximum atomic E-state index is 6.54. The second-order valence-electron chi connectivity index (χ2n) is 9.57. The Bertz CT molecular complexity index is 1080. The van der Waals surface area contributed by atoms with Gasteiger partial charge in [0, 0.05) is 95.7 Å². The number of rotatable bonds is 3. The molecule has 0 bridgehead atoms. The van der Waals surface area contributed by atoms with Gasteiger partial charge < -0.3 is 28.9 Å². The Morgan fingerprint density at radius 3 is 0.875 bits per heavy atom. The third-order valence-corrected chi connectivity index (χ3v) is 6.86. The Hall–Kier alpha value is -3.54. The first-order valence-electron chi connectivity index (χ1n) is 10.8. The monoisotopic (exact) mass is 429 g/mol. The average Bonchev–Trinajstić information content (AvgIpc) is 2.72. The van der Waals surface area contributed by atoms with Gasteiger partial charge in [-0.2, -0.15) is 0 Å². The van der Waals surface area contributed by atoms with Crippen LogP contribution in [0.4, 0.5) is 17.1 Å². The minimum Gasteiger partial charge on any atom is -0.456 e. The van der Waals surface area contributed by atoms with Crippen LogP contribution in [0.3, 0.4) is 0 Å². The van der Waals surface area contributed by atoms with Gasteiger partial charge in [0.2, 0.25) is 0 Å². The molecule has 0 N–H and O–H groups in total. The van der Waals surface area contributed by atoms with E-state index in [1.165, 1.54) is 0 Å². The zero-order chi connectivity index (χ0) is 22.5. The molecular weight excluding hydrogens is 402 g/mol. The lowest BCUT2D eigenvalue weighted by Gasteiger charge is -2.46. The second kappa shape index (κ2) is 6.03. The standard InChI is InChI=1S/C26H27N3O3/c1-26-23-17-8-14(27(2)3)9-18(23)31-20-11-16(29(6)7)13-22(25(20)26)32-21-12-15(28(4)5)10-19(30-17)24(21)26/h8-13H,1-7H3. The van der Waals surface area contributed by atoms with Gasteiger partial charge in [0.25, 0.3) is 0 Å².